The number of ether oxygens (including phenoxy) is 1. The van der Waals surface area contributed by atoms with E-state index in [0.29, 0.717) is 0 Å². The van der Waals surface area contributed by atoms with Crippen LogP contribution in [-0.2, 0) is 0 Å². The first-order valence-electron chi connectivity index (χ1n) is 9.82. The second-order valence-corrected chi connectivity index (χ2v) is 8.37. The molecule has 0 radical (unpaired) electrons. The van der Waals surface area contributed by atoms with Gasteiger partial charge in [0.25, 0.3) is 0 Å². The van der Waals surface area contributed by atoms with Crippen LogP contribution in [0, 0.1) is 20.8 Å². The number of anilines is 3. The average Bonchev–Trinajstić information content (AvgIpc) is 2.59. The van der Waals surface area contributed by atoms with Crippen molar-refractivity contribution in [2.45, 2.75) is 47.0 Å². The second-order valence-electron chi connectivity index (χ2n) is 7.45. The molecule has 0 N–H and O–H groups in total. The predicted molar refractivity (Wildman–Crippen MR) is 118 cm³/mol. The van der Waals surface area contributed by atoms with Crippen LogP contribution in [-0.4, -0.2) is 31.7 Å². The van der Waals surface area contributed by atoms with E-state index in [-0.39, 0.29) is 0 Å². The molecule has 146 valence electrons. The third kappa shape index (κ3) is 4.23. The van der Waals surface area contributed by atoms with Gasteiger partial charge in [-0.15, -0.1) is 0 Å². The normalized spacial score (nSPS) is 13.7. The molecular weight excluding hydrogens is 402 g/mol. The summed E-state index contributed by atoms with van der Waals surface area (Å²) in [7, 11) is 2.13. The Balaban J connectivity index is 2.04. The molecule has 0 spiro atoms. The average molecular weight is 432 g/mol. The number of hydrogen-bond donors (Lipinski definition) is 0. The maximum absolute atomic E-state index is 6.21. The molecule has 0 atom stereocenters. The fourth-order valence-corrected chi connectivity index (χ4v) is 4.51. The van der Waals surface area contributed by atoms with E-state index in [9.17, 15) is 0 Å². The molecule has 3 rings (SSSR count). The summed E-state index contributed by atoms with van der Waals surface area (Å²) in [6.45, 7) is 11.2. The monoisotopic (exact) mass is 431 g/mol. The number of aryl methyl sites for hydroxylation is 3. The molecule has 0 unspecified atom stereocenters. The summed E-state index contributed by atoms with van der Waals surface area (Å²) in [5.74, 6) is 1.95. The maximum Gasteiger partial charge on any atom is 0.160 e. The molecule has 27 heavy (non-hydrogen) atoms. The summed E-state index contributed by atoms with van der Waals surface area (Å²) in [5, 5.41) is 0. The minimum atomic E-state index is 0.758. The highest BCUT2D eigenvalue weighted by Gasteiger charge is 2.28. The molecule has 0 bridgehead atoms. The summed E-state index contributed by atoms with van der Waals surface area (Å²) in [6.07, 6.45) is 3.49. The van der Waals surface area contributed by atoms with Gasteiger partial charge in [0.15, 0.2) is 5.82 Å². The molecule has 1 aliphatic rings. The van der Waals surface area contributed by atoms with Crippen LogP contribution in [0.15, 0.2) is 22.7 Å². The number of nitrogens with zero attached hydrogens (tertiary/aromatic N) is 3. The van der Waals surface area contributed by atoms with E-state index in [1.165, 1.54) is 29.7 Å². The molecule has 0 saturated heterocycles. The van der Waals surface area contributed by atoms with Crippen LogP contribution in [0.5, 0.6) is 5.75 Å². The largest absolute Gasteiger partial charge is 0.491 e. The van der Waals surface area contributed by atoms with Crippen LogP contribution in [0.4, 0.5) is 17.2 Å². The van der Waals surface area contributed by atoms with Crippen LogP contribution in [0.1, 0.15) is 43.0 Å². The van der Waals surface area contributed by atoms with Gasteiger partial charge in [-0.2, -0.15) is 0 Å². The summed E-state index contributed by atoms with van der Waals surface area (Å²) < 4.78 is 7.32. The fourth-order valence-electron chi connectivity index (χ4n) is 3.83. The lowest BCUT2D eigenvalue weighted by Crippen LogP contribution is -2.38. The third-order valence-electron chi connectivity index (χ3n) is 5.10. The zero-order chi connectivity index (χ0) is 19.6. The minimum absolute atomic E-state index is 0.758. The van der Waals surface area contributed by atoms with Crippen LogP contribution >= 0.6 is 15.9 Å². The number of hydrogen-bond acceptors (Lipinski definition) is 4. The zero-order valence-corrected chi connectivity index (χ0v) is 18.7. The lowest BCUT2D eigenvalue weighted by atomic mass is 10.1. The second kappa shape index (κ2) is 8.51. The van der Waals surface area contributed by atoms with Crippen molar-refractivity contribution >= 4 is 33.1 Å². The van der Waals surface area contributed by atoms with E-state index >= 15 is 0 Å². The Morgan fingerprint density at radius 3 is 2.41 bits per heavy atom. The molecule has 1 aliphatic heterocycles. The van der Waals surface area contributed by atoms with E-state index in [4.69, 9.17) is 9.72 Å². The van der Waals surface area contributed by atoms with Crippen molar-refractivity contribution in [1.82, 2.24) is 4.98 Å². The van der Waals surface area contributed by atoms with Gasteiger partial charge in [0, 0.05) is 42.1 Å². The van der Waals surface area contributed by atoms with Gasteiger partial charge in [0.05, 0.1) is 6.61 Å². The Morgan fingerprint density at radius 2 is 1.74 bits per heavy atom. The van der Waals surface area contributed by atoms with Gasteiger partial charge in [-0.25, -0.2) is 4.98 Å². The lowest BCUT2D eigenvalue weighted by molar-refractivity contribution is 0.306. The first-order valence-corrected chi connectivity index (χ1v) is 10.6. The van der Waals surface area contributed by atoms with E-state index in [1.54, 1.807) is 0 Å². The highest BCUT2D eigenvalue weighted by atomic mass is 79.9. The van der Waals surface area contributed by atoms with Gasteiger partial charge < -0.3 is 14.5 Å². The number of fused-ring (bicyclic) bond motifs is 1. The highest BCUT2D eigenvalue weighted by Crippen LogP contribution is 2.44. The van der Waals surface area contributed by atoms with Gasteiger partial charge in [0.2, 0.25) is 0 Å². The molecule has 0 amide bonds. The zero-order valence-electron chi connectivity index (χ0n) is 17.1. The fraction of sp³-hybridized carbons (Fsp3) is 0.500. The Morgan fingerprint density at radius 1 is 1.04 bits per heavy atom. The first kappa shape index (κ1) is 20.0. The number of unbranched alkanes of at least 4 members (excludes halogenated alkanes) is 2. The van der Waals surface area contributed by atoms with Crippen LogP contribution in [0.2, 0.25) is 0 Å². The van der Waals surface area contributed by atoms with E-state index in [2.05, 4.69) is 71.7 Å². The standard InChI is InChI=1S/C22H30BrN3O/c1-6-7-8-11-27-19-14-17(4)24-22-21(19)25(5)9-10-26(22)20-15(2)12-18(23)13-16(20)3/h12-14H,6-11H2,1-5H3. The summed E-state index contributed by atoms with van der Waals surface area (Å²) in [5.41, 5.74) is 5.86. The number of pyridine rings is 1. The molecule has 2 aromatic rings. The Kier molecular flexibility index (Phi) is 6.30. The van der Waals surface area contributed by atoms with Crippen molar-refractivity contribution in [1.29, 1.82) is 0 Å². The van der Waals surface area contributed by atoms with Crippen molar-refractivity contribution in [2.24, 2.45) is 0 Å². The summed E-state index contributed by atoms with van der Waals surface area (Å²) >= 11 is 3.61. The summed E-state index contributed by atoms with van der Waals surface area (Å²) in [4.78, 5) is 9.56. The molecular formula is C22H30BrN3O. The van der Waals surface area contributed by atoms with Crippen molar-refractivity contribution in [2.75, 3.05) is 36.5 Å². The van der Waals surface area contributed by atoms with E-state index < -0.39 is 0 Å². The van der Waals surface area contributed by atoms with Gasteiger partial charge in [0.1, 0.15) is 11.4 Å². The molecule has 5 heteroatoms. The predicted octanol–water partition coefficient (Wildman–Crippen LogP) is 5.93. The maximum atomic E-state index is 6.21. The lowest BCUT2D eigenvalue weighted by Gasteiger charge is -2.38. The Labute approximate surface area is 171 Å². The molecule has 0 aliphatic carbocycles. The molecule has 2 heterocycles. The van der Waals surface area contributed by atoms with Crippen LogP contribution in [0.25, 0.3) is 0 Å². The number of rotatable bonds is 6. The van der Waals surface area contributed by atoms with Crippen molar-refractivity contribution < 1.29 is 4.74 Å². The van der Waals surface area contributed by atoms with Gasteiger partial charge in [-0.1, -0.05) is 35.7 Å². The minimum Gasteiger partial charge on any atom is -0.491 e. The molecule has 0 fully saturated rings. The number of aromatic nitrogens is 1. The van der Waals surface area contributed by atoms with Crippen molar-refractivity contribution in [3.63, 3.8) is 0 Å². The molecule has 1 aromatic heterocycles. The van der Waals surface area contributed by atoms with Gasteiger partial charge in [-0.05, 0) is 50.5 Å². The first-order chi connectivity index (χ1) is 12.9. The number of likely N-dealkylation sites (N-methyl/N-ethyl adjacent to an activating group) is 1. The van der Waals surface area contributed by atoms with Crippen molar-refractivity contribution in [3.8, 4) is 5.75 Å². The highest BCUT2D eigenvalue weighted by molar-refractivity contribution is 9.10. The molecule has 1 aromatic carbocycles. The topological polar surface area (TPSA) is 28.6 Å². The van der Waals surface area contributed by atoms with E-state index in [1.807, 2.05) is 6.92 Å². The third-order valence-corrected chi connectivity index (χ3v) is 5.55. The van der Waals surface area contributed by atoms with Crippen LogP contribution < -0.4 is 14.5 Å². The van der Waals surface area contributed by atoms with Crippen LogP contribution in [0.3, 0.4) is 0 Å². The number of benzene rings is 1. The molecule has 0 saturated carbocycles. The quantitative estimate of drug-likeness (QED) is 0.530. The van der Waals surface area contributed by atoms with E-state index in [0.717, 1.165) is 53.5 Å². The van der Waals surface area contributed by atoms with Crippen molar-refractivity contribution in [3.05, 3.63) is 39.5 Å². The number of halogens is 1. The molecule has 4 nitrogen and oxygen atoms in total. The summed E-state index contributed by atoms with van der Waals surface area (Å²) in [6, 6.07) is 6.43. The smallest absolute Gasteiger partial charge is 0.160 e. The Hall–Kier alpha value is -1.75. The van der Waals surface area contributed by atoms with Gasteiger partial charge >= 0.3 is 0 Å². The SMILES string of the molecule is CCCCCOc1cc(C)nc2c1N(C)CCN2c1c(C)cc(Br)cc1C. The van der Waals surface area contributed by atoms with Gasteiger partial charge in [-0.3, -0.25) is 0 Å². The Bertz CT molecular complexity index is 798.